The minimum Gasteiger partial charge on any atom is -0.479 e. The molecule has 0 bridgehead atoms. The van der Waals surface area contributed by atoms with Gasteiger partial charge in [-0.15, -0.1) is 0 Å². The van der Waals surface area contributed by atoms with Gasteiger partial charge in [-0.3, -0.25) is 9.59 Å². The number of carboxylic acids is 1. The smallest absolute Gasteiger partial charge is 0.387 e. The number of aliphatic carboxylic acids is 1. The predicted molar refractivity (Wildman–Crippen MR) is 88.4 cm³/mol. The Kier molecular flexibility index (Phi) is 6.32. The van der Waals surface area contributed by atoms with Crippen LogP contribution in [0.15, 0.2) is 24.3 Å². The number of nitrogens with one attached hydrogen (secondary N) is 1. The first kappa shape index (κ1) is 20.6. The molecule has 0 aromatic heterocycles. The fourth-order valence-electron chi connectivity index (χ4n) is 2.73. The van der Waals surface area contributed by atoms with E-state index < -0.39 is 42.6 Å². The van der Waals surface area contributed by atoms with E-state index in [-0.39, 0.29) is 17.9 Å². The number of para-hydroxylation sites is 1. The van der Waals surface area contributed by atoms with Gasteiger partial charge in [0.15, 0.2) is 5.60 Å². The van der Waals surface area contributed by atoms with Gasteiger partial charge in [0.1, 0.15) is 11.8 Å². The highest BCUT2D eigenvalue weighted by atomic mass is 19.3. The molecule has 1 heterocycles. The standard InChI is InChI=1S/C17H20F2N2O6/c1-17(26,15(24)25)9-20-13(22)11-6-4-8-21(11)14(23)10-5-2-3-7-12(10)27-16(18)19/h2-3,5,7,11,16,26H,4,6,8-9H2,1H3,(H,20,22)(H,24,25). The van der Waals surface area contributed by atoms with Gasteiger partial charge in [0.25, 0.3) is 5.91 Å². The first-order chi connectivity index (χ1) is 12.6. The van der Waals surface area contributed by atoms with Crippen molar-refractivity contribution in [3.63, 3.8) is 0 Å². The number of rotatable bonds is 7. The van der Waals surface area contributed by atoms with E-state index in [0.717, 1.165) is 6.92 Å². The number of amides is 2. The quantitative estimate of drug-likeness (QED) is 0.640. The zero-order valence-electron chi connectivity index (χ0n) is 14.5. The van der Waals surface area contributed by atoms with Crippen LogP contribution in [0.25, 0.3) is 0 Å². The molecule has 27 heavy (non-hydrogen) atoms. The normalized spacial score (nSPS) is 18.9. The molecule has 0 saturated carbocycles. The summed E-state index contributed by atoms with van der Waals surface area (Å²) in [6.07, 6.45) is 0.835. The SMILES string of the molecule is CC(O)(CNC(=O)C1CCCN1C(=O)c1ccccc1OC(F)F)C(=O)O. The Bertz CT molecular complexity index is 725. The summed E-state index contributed by atoms with van der Waals surface area (Å²) in [6.45, 7) is -2.37. The van der Waals surface area contributed by atoms with Gasteiger partial charge in [-0.1, -0.05) is 12.1 Å². The lowest BCUT2D eigenvalue weighted by Gasteiger charge is -2.26. The second-order valence-corrected chi connectivity index (χ2v) is 6.33. The summed E-state index contributed by atoms with van der Waals surface area (Å²) in [5, 5.41) is 20.9. The van der Waals surface area contributed by atoms with Crippen molar-refractivity contribution >= 4 is 17.8 Å². The Morgan fingerprint density at radius 3 is 2.67 bits per heavy atom. The molecule has 0 radical (unpaired) electrons. The molecule has 8 nitrogen and oxygen atoms in total. The highest BCUT2D eigenvalue weighted by molar-refractivity contribution is 6.00. The molecule has 1 aromatic carbocycles. The summed E-state index contributed by atoms with van der Waals surface area (Å²) in [5.74, 6) is -3.07. The monoisotopic (exact) mass is 386 g/mol. The van der Waals surface area contributed by atoms with Crippen LogP contribution in [0.2, 0.25) is 0 Å². The Hall–Kier alpha value is -2.75. The fraction of sp³-hybridized carbons (Fsp3) is 0.471. The molecule has 2 unspecified atom stereocenters. The summed E-state index contributed by atoms with van der Waals surface area (Å²) < 4.78 is 29.4. The van der Waals surface area contributed by atoms with Gasteiger partial charge < -0.3 is 25.2 Å². The molecular formula is C17H20F2N2O6. The summed E-state index contributed by atoms with van der Waals surface area (Å²) in [4.78, 5) is 37.2. The minimum absolute atomic E-state index is 0.102. The van der Waals surface area contributed by atoms with Crippen molar-refractivity contribution in [2.75, 3.05) is 13.1 Å². The Labute approximate surface area is 153 Å². The van der Waals surface area contributed by atoms with Crippen LogP contribution in [-0.4, -0.2) is 64.2 Å². The number of carbonyl (C=O) groups is 3. The second kappa shape index (κ2) is 8.30. The highest BCUT2D eigenvalue weighted by Crippen LogP contribution is 2.26. The van der Waals surface area contributed by atoms with Gasteiger partial charge in [-0.2, -0.15) is 8.78 Å². The molecule has 2 atom stereocenters. The van der Waals surface area contributed by atoms with Crippen LogP contribution in [0.1, 0.15) is 30.1 Å². The topological polar surface area (TPSA) is 116 Å². The second-order valence-electron chi connectivity index (χ2n) is 6.33. The minimum atomic E-state index is -3.10. The highest BCUT2D eigenvalue weighted by Gasteiger charge is 2.37. The largest absolute Gasteiger partial charge is 0.479 e. The van der Waals surface area contributed by atoms with Gasteiger partial charge in [0.05, 0.1) is 12.1 Å². The van der Waals surface area contributed by atoms with Crippen LogP contribution in [0.4, 0.5) is 8.78 Å². The van der Waals surface area contributed by atoms with E-state index in [1.54, 1.807) is 0 Å². The van der Waals surface area contributed by atoms with Gasteiger partial charge in [0.2, 0.25) is 5.91 Å². The molecule has 1 aliphatic heterocycles. The summed E-state index contributed by atoms with van der Waals surface area (Å²) in [6, 6.07) is 4.58. The van der Waals surface area contributed by atoms with Crippen LogP contribution >= 0.6 is 0 Å². The van der Waals surface area contributed by atoms with Crippen molar-refractivity contribution in [2.24, 2.45) is 0 Å². The number of nitrogens with zero attached hydrogens (tertiary/aromatic N) is 1. The van der Waals surface area contributed by atoms with Gasteiger partial charge in [-0.05, 0) is 31.9 Å². The van der Waals surface area contributed by atoms with E-state index in [2.05, 4.69) is 10.1 Å². The number of ether oxygens (including phenoxy) is 1. The molecule has 148 valence electrons. The van der Waals surface area contributed by atoms with E-state index >= 15 is 0 Å². The molecule has 1 aliphatic rings. The Balaban J connectivity index is 2.13. The van der Waals surface area contributed by atoms with Crippen molar-refractivity contribution in [3.05, 3.63) is 29.8 Å². The first-order valence-electron chi connectivity index (χ1n) is 8.22. The number of hydrogen-bond acceptors (Lipinski definition) is 5. The molecule has 0 aliphatic carbocycles. The molecule has 2 amide bonds. The third-order valence-electron chi connectivity index (χ3n) is 4.22. The van der Waals surface area contributed by atoms with Crippen molar-refractivity contribution in [1.82, 2.24) is 10.2 Å². The van der Waals surface area contributed by atoms with Crippen molar-refractivity contribution < 1.29 is 38.1 Å². The molecule has 3 N–H and O–H groups in total. The van der Waals surface area contributed by atoms with Crippen LogP contribution in [0.5, 0.6) is 5.75 Å². The number of alkyl halides is 2. The Morgan fingerprint density at radius 2 is 2.04 bits per heavy atom. The maximum atomic E-state index is 12.8. The number of carbonyl (C=O) groups excluding carboxylic acids is 2. The van der Waals surface area contributed by atoms with Crippen LogP contribution in [0.3, 0.4) is 0 Å². The number of likely N-dealkylation sites (tertiary alicyclic amines) is 1. The summed E-state index contributed by atoms with van der Waals surface area (Å²) in [7, 11) is 0. The third-order valence-corrected chi connectivity index (χ3v) is 4.22. The summed E-state index contributed by atoms with van der Waals surface area (Å²) in [5.41, 5.74) is -2.25. The molecule has 1 fully saturated rings. The van der Waals surface area contributed by atoms with Crippen LogP contribution in [0, 0.1) is 0 Å². The maximum Gasteiger partial charge on any atom is 0.387 e. The lowest BCUT2D eigenvalue weighted by molar-refractivity contribution is -0.156. The van der Waals surface area contributed by atoms with Crippen molar-refractivity contribution in [3.8, 4) is 5.75 Å². The number of carboxylic acid groups (broad SMARTS) is 1. The van der Waals surface area contributed by atoms with Gasteiger partial charge >= 0.3 is 12.6 Å². The number of benzene rings is 1. The molecule has 0 spiro atoms. The number of halogens is 2. The molecular weight excluding hydrogens is 366 g/mol. The van der Waals surface area contributed by atoms with E-state index in [1.165, 1.54) is 29.2 Å². The molecule has 10 heteroatoms. The third kappa shape index (κ3) is 4.91. The lowest BCUT2D eigenvalue weighted by atomic mass is 10.1. The average molecular weight is 386 g/mol. The Morgan fingerprint density at radius 1 is 1.37 bits per heavy atom. The van der Waals surface area contributed by atoms with Crippen LogP contribution in [-0.2, 0) is 9.59 Å². The summed E-state index contributed by atoms with van der Waals surface area (Å²) >= 11 is 0. The maximum absolute atomic E-state index is 12.8. The lowest BCUT2D eigenvalue weighted by Crippen LogP contribution is -2.52. The zero-order chi connectivity index (χ0) is 20.2. The number of hydrogen-bond donors (Lipinski definition) is 3. The van der Waals surface area contributed by atoms with Crippen molar-refractivity contribution in [2.45, 2.75) is 38.0 Å². The molecule has 2 rings (SSSR count). The first-order valence-corrected chi connectivity index (χ1v) is 8.22. The predicted octanol–water partition coefficient (Wildman–Crippen LogP) is 0.844. The van der Waals surface area contributed by atoms with E-state index in [9.17, 15) is 28.3 Å². The van der Waals surface area contributed by atoms with E-state index in [1.807, 2.05) is 0 Å². The van der Waals surface area contributed by atoms with E-state index in [0.29, 0.717) is 12.8 Å². The molecule has 1 aromatic rings. The number of aliphatic hydroxyl groups is 1. The van der Waals surface area contributed by atoms with Gasteiger partial charge in [-0.25, -0.2) is 4.79 Å². The van der Waals surface area contributed by atoms with Crippen LogP contribution < -0.4 is 10.1 Å². The van der Waals surface area contributed by atoms with E-state index in [4.69, 9.17) is 5.11 Å². The zero-order valence-corrected chi connectivity index (χ0v) is 14.5. The van der Waals surface area contributed by atoms with Crippen molar-refractivity contribution in [1.29, 1.82) is 0 Å². The molecule has 1 saturated heterocycles. The van der Waals surface area contributed by atoms with Gasteiger partial charge in [0, 0.05) is 6.54 Å². The average Bonchev–Trinajstić information content (AvgIpc) is 3.08. The fourth-order valence-corrected chi connectivity index (χ4v) is 2.73.